The van der Waals surface area contributed by atoms with Crippen molar-refractivity contribution in [1.82, 2.24) is 5.32 Å². The van der Waals surface area contributed by atoms with Gasteiger partial charge < -0.3 is 10.1 Å². The minimum Gasteiger partial charge on any atom is -0.494 e. The molecule has 0 amide bonds. The molecule has 3 aromatic carbocycles. The van der Waals surface area contributed by atoms with Gasteiger partial charge in [0.25, 0.3) is 0 Å². The van der Waals surface area contributed by atoms with Crippen LogP contribution in [-0.4, -0.2) is 13.2 Å². The molecule has 0 aliphatic rings. The van der Waals surface area contributed by atoms with E-state index in [4.69, 9.17) is 4.74 Å². The molecular formula is C24H24N2O. The lowest BCUT2D eigenvalue weighted by Crippen LogP contribution is -2.15. The molecule has 3 rings (SSSR count). The summed E-state index contributed by atoms with van der Waals surface area (Å²) in [6, 6.07) is 28.3. The van der Waals surface area contributed by atoms with Crippen molar-refractivity contribution in [2.45, 2.75) is 19.4 Å². The topological polar surface area (TPSA) is 45.0 Å². The predicted octanol–water partition coefficient (Wildman–Crippen LogP) is 5.17. The van der Waals surface area contributed by atoms with Crippen molar-refractivity contribution in [2.24, 2.45) is 0 Å². The second-order valence-corrected chi connectivity index (χ2v) is 6.40. The van der Waals surface area contributed by atoms with Gasteiger partial charge in [-0.3, -0.25) is 0 Å². The van der Waals surface area contributed by atoms with E-state index < -0.39 is 0 Å². The summed E-state index contributed by atoms with van der Waals surface area (Å²) in [4.78, 5) is 0. The first kappa shape index (κ1) is 18.7. The Kier molecular flexibility index (Phi) is 7.03. The van der Waals surface area contributed by atoms with Crippen LogP contribution in [0.3, 0.4) is 0 Å². The van der Waals surface area contributed by atoms with Crippen LogP contribution in [0, 0.1) is 11.3 Å². The maximum Gasteiger partial charge on any atom is 0.119 e. The third-order valence-electron chi connectivity index (χ3n) is 4.40. The van der Waals surface area contributed by atoms with E-state index in [0.29, 0.717) is 5.56 Å². The van der Waals surface area contributed by atoms with E-state index in [1.54, 1.807) is 0 Å². The Morgan fingerprint density at radius 1 is 0.815 bits per heavy atom. The summed E-state index contributed by atoms with van der Waals surface area (Å²) in [5.74, 6) is 0.934. The summed E-state index contributed by atoms with van der Waals surface area (Å²) >= 11 is 0. The van der Waals surface area contributed by atoms with Crippen molar-refractivity contribution in [3.8, 4) is 22.9 Å². The van der Waals surface area contributed by atoms with E-state index in [1.807, 2.05) is 54.6 Å². The standard InChI is InChI=1S/C24H24N2O/c25-18-22-8-4-5-11-24(22)21-14-12-20(13-15-21)19-26-16-6-7-17-27-23-9-2-1-3-10-23/h1-5,8-15,26H,6-7,16-17,19H2. The van der Waals surface area contributed by atoms with Crippen LogP contribution in [-0.2, 0) is 6.54 Å². The molecule has 0 fully saturated rings. The molecule has 0 saturated carbocycles. The zero-order valence-corrected chi connectivity index (χ0v) is 15.4. The van der Waals surface area contributed by atoms with Crippen molar-refractivity contribution in [3.05, 3.63) is 90.0 Å². The third kappa shape index (κ3) is 5.70. The summed E-state index contributed by atoms with van der Waals surface area (Å²) in [6.45, 7) is 2.57. The predicted molar refractivity (Wildman–Crippen MR) is 109 cm³/mol. The SMILES string of the molecule is N#Cc1ccccc1-c1ccc(CNCCCCOc2ccccc2)cc1. The average Bonchev–Trinajstić information content (AvgIpc) is 2.74. The fraction of sp³-hybridized carbons (Fsp3) is 0.208. The number of hydrogen-bond acceptors (Lipinski definition) is 3. The molecule has 0 aliphatic heterocycles. The van der Waals surface area contributed by atoms with Crippen LogP contribution >= 0.6 is 0 Å². The number of rotatable bonds is 9. The van der Waals surface area contributed by atoms with Crippen molar-refractivity contribution in [2.75, 3.05) is 13.2 Å². The molecule has 0 heterocycles. The number of nitrogens with zero attached hydrogens (tertiary/aromatic N) is 1. The zero-order valence-electron chi connectivity index (χ0n) is 15.4. The Labute approximate surface area is 161 Å². The smallest absolute Gasteiger partial charge is 0.119 e. The molecule has 3 aromatic rings. The lowest BCUT2D eigenvalue weighted by molar-refractivity contribution is 0.306. The van der Waals surface area contributed by atoms with E-state index >= 15 is 0 Å². The summed E-state index contributed by atoms with van der Waals surface area (Å²) in [7, 11) is 0. The minimum atomic E-state index is 0.709. The maximum atomic E-state index is 9.24. The monoisotopic (exact) mass is 356 g/mol. The van der Waals surface area contributed by atoms with Gasteiger partial charge in [0, 0.05) is 6.54 Å². The molecule has 136 valence electrons. The summed E-state index contributed by atoms with van der Waals surface area (Å²) in [5.41, 5.74) is 4.02. The van der Waals surface area contributed by atoms with E-state index in [1.165, 1.54) is 5.56 Å². The molecule has 0 radical (unpaired) electrons. The largest absolute Gasteiger partial charge is 0.494 e. The lowest BCUT2D eigenvalue weighted by Gasteiger charge is -2.08. The fourth-order valence-corrected chi connectivity index (χ4v) is 2.93. The second-order valence-electron chi connectivity index (χ2n) is 6.40. The van der Waals surface area contributed by atoms with E-state index in [0.717, 1.165) is 49.4 Å². The molecule has 1 N–H and O–H groups in total. The van der Waals surface area contributed by atoms with Crippen molar-refractivity contribution < 1.29 is 4.74 Å². The number of benzene rings is 3. The Morgan fingerprint density at radius 2 is 1.56 bits per heavy atom. The van der Waals surface area contributed by atoms with Gasteiger partial charge in [-0.2, -0.15) is 5.26 Å². The molecule has 3 heteroatoms. The molecular weight excluding hydrogens is 332 g/mol. The summed E-state index contributed by atoms with van der Waals surface area (Å²) in [6.07, 6.45) is 2.12. The highest BCUT2D eigenvalue weighted by Gasteiger charge is 2.03. The molecule has 0 aliphatic carbocycles. The Morgan fingerprint density at radius 3 is 2.33 bits per heavy atom. The molecule has 3 nitrogen and oxygen atoms in total. The van der Waals surface area contributed by atoms with Gasteiger partial charge in [-0.25, -0.2) is 0 Å². The van der Waals surface area contributed by atoms with Gasteiger partial charge in [-0.05, 0) is 54.3 Å². The first-order valence-corrected chi connectivity index (χ1v) is 9.34. The zero-order chi connectivity index (χ0) is 18.7. The van der Waals surface area contributed by atoms with Crippen molar-refractivity contribution in [1.29, 1.82) is 5.26 Å². The number of nitriles is 1. The highest BCUT2D eigenvalue weighted by Crippen LogP contribution is 2.23. The van der Waals surface area contributed by atoms with Gasteiger partial charge in [0.15, 0.2) is 0 Å². The first-order valence-electron chi connectivity index (χ1n) is 9.34. The van der Waals surface area contributed by atoms with Gasteiger partial charge in [0.05, 0.1) is 18.2 Å². The van der Waals surface area contributed by atoms with E-state index in [2.05, 4.69) is 35.7 Å². The Hall–Kier alpha value is -3.09. The molecule has 0 unspecified atom stereocenters. The van der Waals surface area contributed by atoms with Crippen LogP contribution < -0.4 is 10.1 Å². The van der Waals surface area contributed by atoms with Crippen molar-refractivity contribution >= 4 is 0 Å². The van der Waals surface area contributed by atoms with Gasteiger partial charge in [0.2, 0.25) is 0 Å². The van der Waals surface area contributed by atoms with Gasteiger partial charge >= 0.3 is 0 Å². The molecule has 0 aromatic heterocycles. The van der Waals surface area contributed by atoms with Crippen LogP contribution in [0.15, 0.2) is 78.9 Å². The quantitative estimate of drug-likeness (QED) is 0.538. The lowest BCUT2D eigenvalue weighted by atomic mass is 9.99. The third-order valence-corrected chi connectivity index (χ3v) is 4.40. The van der Waals surface area contributed by atoms with Crippen LogP contribution in [0.4, 0.5) is 0 Å². The van der Waals surface area contributed by atoms with Gasteiger partial charge in [0.1, 0.15) is 5.75 Å². The maximum absolute atomic E-state index is 9.24. The van der Waals surface area contributed by atoms with Gasteiger partial charge in [-0.1, -0.05) is 60.7 Å². The van der Waals surface area contributed by atoms with E-state index in [9.17, 15) is 5.26 Å². The molecule has 0 spiro atoms. The number of unbranched alkanes of at least 4 members (excludes halogenated alkanes) is 1. The van der Waals surface area contributed by atoms with Crippen LogP contribution in [0.2, 0.25) is 0 Å². The summed E-state index contributed by atoms with van der Waals surface area (Å²) in [5, 5.41) is 12.7. The van der Waals surface area contributed by atoms with Crippen LogP contribution in [0.5, 0.6) is 5.75 Å². The minimum absolute atomic E-state index is 0.709. The Balaban J connectivity index is 1.37. The first-order chi connectivity index (χ1) is 13.4. The molecule has 0 atom stereocenters. The highest BCUT2D eigenvalue weighted by atomic mass is 16.5. The van der Waals surface area contributed by atoms with E-state index in [-0.39, 0.29) is 0 Å². The Bertz CT molecular complexity index is 867. The van der Waals surface area contributed by atoms with Crippen molar-refractivity contribution in [3.63, 3.8) is 0 Å². The number of ether oxygens (including phenoxy) is 1. The number of hydrogen-bond donors (Lipinski definition) is 1. The normalized spacial score (nSPS) is 10.3. The van der Waals surface area contributed by atoms with Crippen LogP contribution in [0.25, 0.3) is 11.1 Å². The molecule has 0 bridgehead atoms. The fourth-order valence-electron chi connectivity index (χ4n) is 2.93. The molecule has 27 heavy (non-hydrogen) atoms. The average molecular weight is 356 g/mol. The second kappa shape index (κ2) is 10.2. The number of nitrogens with one attached hydrogen (secondary N) is 1. The highest BCUT2D eigenvalue weighted by molar-refractivity contribution is 5.70. The summed E-state index contributed by atoms with van der Waals surface area (Å²) < 4.78 is 5.69. The van der Waals surface area contributed by atoms with Gasteiger partial charge in [-0.15, -0.1) is 0 Å². The van der Waals surface area contributed by atoms with Crippen LogP contribution in [0.1, 0.15) is 24.0 Å². The number of para-hydroxylation sites is 1. The molecule has 0 saturated heterocycles.